The summed E-state index contributed by atoms with van der Waals surface area (Å²) < 4.78 is 80.6. The Balaban J connectivity index is 0.833. The summed E-state index contributed by atoms with van der Waals surface area (Å²) in [5, 5.41) is 5.41. The van der Waals surface area contributed by atoms with Crippen LogP contribution in [0.1, 0.15) is 129 Å². The lowest BCUT2D eigenvalue weighted by Gasteiger charge is -2.44. The maximum absolute atomic E-state index is 15.5. The second-order valence-corrected chi connectivity index (χ2v) is 31.6. The lowest BCUT2D eigenvalue weighted by molar-refractivity contribution is -0.155. The highest BCUT2D eigenvalue weighted by molar-refractivity contribution is 7.90. The summed E-state index contributed by atoms with van der Waals surface area (Å²) in [6, 6.07) is 12.8. The lowest BCUT2D eigenvalue weighted by Crippen LogP contribution is -2.62. The number of methoxy groups -OCH3 is 1. The number of likely N-dealkylation sites (tertiary alicyclic amines) is 2. The van der Waals surface area contributed by atoms with Gasteiger partial charge in [-0.3, -0.25) is 39.0 Å². The molecule has 7 aliphatic heterocycles. The fourth-order valence-corrected chi connectivity index (χ4v) is 17.7. The van der Waals surface area contributed by atoms with Crippen LogP contribution in [0.15, 0.2) is 54.7 Å². The van der Waals surface area contributed by atoms with Gasteiger partial charge in [-0.1, -0.05) is 57.0 Å². The Morgan fingerprint density at radius 2 is 1.71 bits per heavy atom. The van der Waals surface area contributed by atoms with Crippen molar-refractivity contribution in [3.05, 3.63) is 71.5 Å². The number of esters is 1. The molecule has 90 heavy (non-hydrogen) atoms. The molecule has 9 heterocycles. The number of hydrogen-bond donors (Lipinski definition) is 2. The topological polar surface area (TPSA) is 180 Å². The fraction of sp³-hybridized carbons (Fsp3) is 0.662. The summed E-state index contributed by atoms with van der Waals surface area (Å²) in [5.41, 5.74) is 7.70. The van der Waals surface area contributed by atoms with E-state index in [1.165, 1.54) is 9.58 Å². The van der Waals surface area contributed by atoms with Crippen LogP contribution in [0, 0.1) is 22.7 Å². The van der Waals surface area contributed by atoms with Gasteiger partial charge in [0, 0.05) is 105 Å². The minimum Gasteiger partial charge on any atom is -0.597 e. The number of amides is 3. The van der Waals surface area contributed by atoms with Gasteiger partial charge >= 0.3 is 12.1 Å². The number of alkyl halides is 3. The van der Waals surface area contributed by atoms with Crippen LogP contribution in [0.5, 0.6) is 0 Å². The minimum absolute atomic E-state index is 0.0292. The Hall–Kier alpha value is -5.33. The summed E-state index contributed by atoms with van der Waals surface area (Å²) in [4.78, 5) is 73.6. The van der Waals surface area contributed by atoms with Crippen molar-refractivity contribution in [2.75, 3.05) is 90.7 Å². The number of aromatic nitrogens is 2. The van der Waals surface area contributed by atoms with Gasteiger partial charge in [0.15, 0.2) is 6.04 Å². The Morgan fingerprint density at radius 1 is 0.933 bits per heavy atom. The van der Waals surface area contributed by atoms with E-state index in [0.29, 0.717) is 111 Å². The third-order valence-electron chi connectivity index (χ3n) is 21.1. The normalized spacial score (nSPS) is 29.1. The van der Waals surface area contributed by atoms with E-state index in [1.807, 2.05) is 93.2 Å². The molecule has 2 saturated carbocycles. The molecule has 22 heteroatoms. The Labute approximate surface area is 530 Å². The van der Waals surface area contributed by atoms with Crippen LogP contribution in [0.4, 0.5) is 18.9 Å². The van der Waals surface area contributed by atoms with Crippen LogP contribution in [-0.4, -0.2) is 195 Å². The van der Waals surface area contributed by atoms with Gasteiger partial charge in [0.2, 0.25) is 11.8 Å². The molecule has 9 aliphatic rings. The van der Waals surface area contributed by atoms with E-state index in [2.05, 4.69) is 25.4 Å². The molecule has 2 aliphatic carbocycles. The number of cyclic esters (lactones) is 1. The van der Waals surface area contributed by atoms with E-state index < -0.39 is 64.4 Å². The monoisotopic (exact) mass is 1260 g/mol. The molecule has 6 saturated heterocycles. The molecule has 18 nitrogen and oxygen atoms in total. The number of anilines is 1. The largest absolute Gasteiger partial charge is 0.597 e. The van der Waals surface area contributed by atoms with Crippen molar-refractivity contribution >= 4 is 51.6 Å². The predicted molar refractivity (Wildman–Crippen MR) is 338 cm³/mol. The number of halogens is 3. The predicted octanol–water partition coefficient (Wildman–Crippen LogP) is 8.22. The van der Waals surface area contributed by atoms with Crippen molar-refractivity contribution in [1.82, 2.24) is 44.3 Å². The Morgan fingerprint density at radius 3 is 2.47 bits per heavy atom. The van der Waals surface area contributed by atoms with Crippen LogP contribution < -0.4 is 15.6 Å². The van der Waals surface area contributed by atoms with Crippen LogP contribution in [0.2, 0.25) is 0 Å². The number of fused-ring (bicyclic) bond motifs is 7. The van der Waals surface area contributed by atoms with E-state index in [1.54, 1.807) is 19.4 Å². The minimum atomic E-state index is -4.62. The first kappa shape index (κ1) is 63.4. The standard InChI is InChI=1S/C68H91F3N10O8S/c1-42(87-7)56-51(33-48(35-72-56)76-27-26-75-28-29-88-37-49(75)36-76)59-52-34-66(5,6)41-89-64(85)53-16-11-23-80(74-53)62(83)54(31-43-12-10-15-46(30-43)47-19-20-55(50(52)32-47)79(59)40-68(69,70)71)73-61(82)58(44-13-8-9-14-44)77-24-21-67(38-77)22-25-78(39-67)63(84)60-57(45-17-18-45)81(60)90(86)65(2,3)4/h10,12,15,19-20,30,32-33,35,42,44-45,49,53-54,57-58,60,74H,8-9,11,13-14,16-18,21-29,31,34,36-41H2,1-7H3,(H,73,82)/t42-,49-,53-,54-,57+,58-,60+,67-,81?,90+/m0/s1. The van der Waals surface area contributed by atoms with E-state index in [9.17, 15) is 14.1 Å². The van der Waals surface area contributed by atoms with Gasteiger partial charge in [-0.25, -0.2) is 5.43 Å². The second kappa shape index (κ2) is 24.9. The van der Waals surface area contributed by atoms with Crippen LogP contribution in [-0.2, 0) is 64.1 Å². The van der Waals surface area contributed by atoms with Gasteiger partial charge in [0.25, 0.3) is 5.91 Å². The van der Waals surface area contributed by atoms with Crippen molar-refractivity contribution in [2.45, 2.75) is 178 Å². The third-order valence-corrected chi connectivity index (χ3v) is 23.0. The Kier molecular flexibility index (Phi) is 17.5. The molecule has 13 rings (SSSR count). The maximum Gasteiger partial charge on any atom is 0.406 e. The molecular formula is C68H91F3N10O8S. The number of benzene rings is 2. The molecule has 2 N–H and O–H groups in total. The molecule has 2 aromatic heterocycles. The van der Waals surface area contributed by atoms with E-state index >= 15 is 22.8 Å². The molecule has 1 spiro atoms. The number of hydrazine groups is 1. The van der Waals surface area contributed by atoms with Gasteiger partial charge in [-0.05, 0) is 144 Å². The average molecular weight is 1270 g/mol. The van der Waals surface area contributed by atoms with E-state index in [-0.39, 0.29) is 66.6 Å². The smallest absolute Gasteiger partial charge is 0.406 e. The quantitative estimate of drug-likeness (QED) is 0.0787. The summed E-state index contributed by atoms with van der Waals surface area (Å²) in [6.45, 7) is 17.4. The highest BCUT2D eigenvalue weighted by atomic mass is 32.2. The zero-order valence-electron chi connectivity index (χ0n) is 53.5. The maximum atomic E-state index is 15.5. The van der Waals surface area contributed by atoms with Gasteiger partial charge < -0.3 is 38.4 Å². The molecular weight excluding hydrogens is 1170 g/mol. The molecule has 8 fully saturated rings. The van der Waals surface area contributed by atoms with Gasteiger partial charge in [0.1, 0.15) is 23.4 Å². The van der Waals surface area contributed by atoms with Crippen molar-refractivity contribution in [2.24, 2.45) is 22.7 Å². The third kappa shape index (κ3) is 12.9. The average Bonchev–Trinajstić information content (AvgIpc) is 1.56. The van der Waals surface area contributed by atoms with Crippen molar-refractivity contribution in [3.63, 3.8) is 0 Å². The molecule has 488 valence electrons. The number of pyridine rings is 1. The first-order chi connectivity index (χ1) is 42.9. The lowest BCUT2D eigenvalue weighted by atomic mass is 9.84. The number of nitrogens with zero attached hydrogens (tertiary/aromatic N) is 8. The first-order valence-electron chi connectivity index (χ1n) is 33.1. The number of ether oxygens (including phenoxy) is 3. The fourth-order valence-electron chi connectivity index (χ4n) is 16.2. The number of carbonyl (C=O) groups is 4. The van der Waals surface area contributed by atoms with Crippen molar-refractivity contribution in [1.29, 1.82) is 0 Å². The van der Waals surface area contributed by atoms with Gasteiger partial charge in [-0.2, -0.15) is 13.2 Å². The van der Waals surface area contributed by atoms with Crippen molar-refractivity contribution < 1.29 is 51.1 Å². The summed E-state index contributed by atoms with van der Waals surface area (Å²) >= 11 is -1.28. The highest BCUT2D eigenvalue weighted by Crippen LogP contribution is 2.52. The van der Waals surface area contributed by atoms with Crippen molar-refractivity contribution in [3.8, 4) is 22.4 Å². The number of hydrogen-bond acceptors (Lipinski definition) is 14. The first-order valence-corrected chi connectivity index (χ1v) is 34.2. The zero-order valence-corrected chi connectivity index (χ0v) is 54.3. The van der Waals surface area contributed by atoms with Gasteiger partial charge in [-0.15, -0.1) is 4.31 Å². The summed E-state index contributed by atoms with van der Waals surface area (Å²) in [5.74, 6) is -0.592. The summed E-state index contributed by atoms with van der Waals surface area (Å²) in [6.07, 6.45) is 5.35. The number of rotatable bonds is 12. The van der Waals surface area contributed by atoms with Crippen LogP contribution in [0.25, 0.3) is 33.3 Å². The molecule has 6 bridgehead atoms. The molecule has 0 radical (unpaired) electrons. The number of morpholine rings is 1. The molecule has 10 atom stereocenters. The zero-order chi connectivity index (χ0) is 63.2. The number of piperazine rings is 1. The molecule has 3 amide bonds. The van der Waals surface area contributed by atoms with Crippen LogP contribution >= 0.6 is 0 Å². The van der Waals surface area contributed by atoms with Gasteiger partial charge in [0.05, 0.1) is 67.3 Å². The number of carbonyl (C=O) groups excluding carboxylic acids is 4. The number of nitrogens with one attached hydrogen (secondary N) is 2. The second-order valence-electron chi connectivity index (χ2n) is 29.4. The highest BCUT2D eigenvalue weighted by Gasteiger charge is 2.68. The Bertz CT molecular complexity index is 3370. The van der Waals surface area contributed by atoms with Crippen LogP contribution in [0.3, 0.4) is 0 Å². The summed E-state index contributed by atoms with van der Waals surface area (Å²) in [7, 11) is 1.57. The molecule has 4 aromatic rings. The van der Waals surface area contributed by atoms with E-state index in [4.69, 9.17) is 19.2 Å². The molecule has 1 unspecified atom stereocenters. The van der Waals surface area contributed by atoms with E-state index in [0.717, 1.165) is 86.8 Å². The SMILES string of the molecule is CO[C@@H](C)c1ncc(N2CCN3CCOC[C@@H]3C2)cc1-c1c2c3cc(ccc3n1CC(F)(F)F)-c1cccc(c1)C[C@H](NC(=O)[C@H](C1CCCC1)N1CC[C@]3(CCN(C(=O)[C@H]4[C@@H](C5CC5)N4[S@+]([O-])C(C)(C)C)C3)C1)C(=O)N1CCC[C@H](N1)C(=O)OCC(C)(C)C2. The molecule has 2 aromatic carbocycles.